The largest absolute Gasteiger partial charge is 0.331 e. The summed E-state index contributed by atoms with van der Waals surface area (Å²) >= 11 is 13.6. The lowest BCUT2D eigenvalue weighted by Gasteiger charge is -2.38. The highest BCUT2D eigenvalue weighted by Crippen LogP contribution is 2.40. The molecule has 5 nitrogen and oxygen atoms in total. The number of halogens is 4. The fourth-order valence-corrected chi connectivity index (χ4v) is 7.78. The number of rotatable bonds is 7. The van der Waals surface area contributed by atoms with Gasteiger partial charge in [-0.3, -0.25) is 4.79 Å². The number of nitrogens with zero attached hydrogens (tertiary/aromatic N) is 2. The molecule has 1 fully saturated rings. The molecule has 1 aromatic heterocycles. The lowest BCUT2D eigenvalue weighted by atomic mass is 9.89. The Balaban J connectivity index is 1.51. The number of sulfone groups is 1. The van der Waals surface area contributed by atoms with Crippen LogP contribution in [0.25, 0.3) is 21.2 Å². The minimum atomic E-state index is -3.38. The van der Waals surface area contributed by atoms with Crippen LogP contribution in [0.2, 0.25) is 5.02 Å². The second-order valence-electron chi connectivity index (χ2n) is 10.4. The molecule has 0 N–H and O–H groups in total. The van der Waals surface area contributed by atoms with Crippen LogP contribution in [-0.2, 0) is 16.4 Å². The second kappa shape index (κ2) is 12.0. The molecular weight excluding hydrogens is 609 g/mol. The van der Waals surface area contributed by atoms with E-state index in [9.17, 15) is 22.0 Å². The summed E-state index contributed by atoms with van der Waals surface area (Å²) in [6.07, 6.45) is 4.15. The minimum absolute atomic E-state index is 0.0125. The lowest BCUT2D eigenvalue weighted by Crippen LogP contribution is -2.44. The molecule has 41 heavy (non-hydrogen) atoms. The molecule has 1 aliphatic carbocycles. The van der Waals surface area contributed by atoms with E-state index in [1.165, 1.54) is 6.26 Å². The topological polar surface area (TPSA) is 57.7 Å². The Hall–Kier alpha value is -2.56. The van der Waals surface area contributed by atoms with Gasteiger partial charge in [0.05, 0.1) is 20.0 Å². The lowest BCUT2D eigenvalue weighted by molar-refractivity contribution is 0.0591. The van der Waals surface area contributed by atoms with Gasteiger partial charge in [0.2, 0.25) is 0 Å². The van der Waals surface area contributed by atoms with Crippen LogP contribution >= 0.6 is 34.7 Å². The number of hydrogen-bond donors (Lipinski definition) is 0. The van der Waals surface area contributed by atoms with Gasteiger partial charge in [-0.25, -0.2) is 21.6 Å². The van der Waals surface area contributed by atoms with Crippen LogP contribution in [0.3, 0.4) is 0 Å². The van der Waals surface area contributed by atoms with Crippen molar-refractivity contribution in [3.05, 3.63) is 87.8 Å². The van der Waals surface area contributed by atoms with E-state index in [2.05, 4.69) is 0 Å². The Morgan fingerprint density at radius 2 is 1.56 bits per heavy atom. The quantitative estimate of drug-likeness (QED) is 0.193. The van der Waals surface area contributed by atoms with E-state index in [0.717, 1.165) is 53.0 Å². The van der Waals surface area contributed by atoms with Crippen molar-refractivity contribution in [2.75, 3.05) is 13.3 Å². The molecule has 5 rings (SSSR count). The number of thiophene rings is 1. The zero-order valence-corrected chi connectivity index (χ0v) is 25.6. The van der Waals surface area contributed by atoms with Gasteiger partial charge in [0.15, 0.2) is 9.84 Å². The highest BCUT2D eigenvalue weighted by Gasteiger charge is 2.33. The first-order chi connectivity index (χ1) is 19.4. The van der Waals surface area contributed by atoms with Gasteiger partial charge in [0, 0.05) is 31.9 Å². The summed E-state index contributed by atoms with van der Waals surface area (Å²) in [5, 5.41) is -0.169. The van der Waals surface area contributed by atoms with E-state index in [1.807, 2.05) is 37.4 Å². The van der Waals surface area contributed by atoms with Crippen molar-refractivity contribution in [2.45, 2.75) is 49.2 Å². The molecule has 0 bridgehead atoms. The van der Waals surface area contributed by atoms with Crippen LogP contribution in [0.4, 0.5) is 8.78 Å². The Bertz CT molecular complexity index is 1720. The van der Waals surface area contributed by atoms with Gasteiger partial charge in [-0.2, -0.15) is 0 Å². The smallest absolute Gasteiger partial charge is 0.266 e. The summed E-state index contributed by atoms with van der Waals surface area (Å²) in [7, 11) is -1.56. The summed E-state index contributed by atoms with van der Waals surface area (Å²) in [5.41, 5.74) is 2.36. The molecule has 1 heterocycles. The average molecular weight is 638 g/mol. The Morgan fingerprint density at radius 1 is 0.951 bits per heavy atom. The second-order valence-corrected chi connectivity index (χ2v) is 14.3. The Morgan fingerprint density at radius 3 is 2.20 bits per heavy atom. The molecule has 216 valence electrons. The average Bonchev–Trinajstić information content (AvgIpc) is 3.31. The van der Waals surface area contributed by atoms with E-state index in [0.29, 0.717) is 12.8 Å². The van der Waals surface area contributed by atoms with Gasteiger partial charge >= 0.3 is 0 Å². The molecule has 11 heteroatoms. The van der Waals surface area contributed by atoms with E-state index in [-0.39, 0.29) is 49.4 Å². The van der Waals surface area contributed by atoms with Crippen LogP contribution in [0.5, 0.6) is 0 Å². The zero-order valence-electron chi connectivity index (χ0n) is 22.4. The molecule has 0 atom stereocenters. The first-order valence-corrected chi connectivity index (χ1v) is 16.5. The van der Waals surface area contributed by atoms with Crippen LogP contribution in [0.15, 0.2) is 65.6 Å². The maximum Gasteiger partial charge on any atom is 0.266 e. The van der Waals surface area contributed by atoms with Gasteiger partial charge in [-0.1, -0.05) is 41.9 Å². The monoisotopic (exact) mass is 636 g/mol. The van der Waals surface area contributed by atoms with Crippen molar-refractivity contribution in [3.8, 4) is 11.1 Å². The normalized spacial score (nSPS) is 17.7. The number of hydrogen-bond acceptors (Lipinski definition) is 5. The molecule has 1 amide bonds. The first-order valence-electron chi connectivity index (χ1n) is 13.1. The maximum atomic E-state index is 14.6. The van der Waals surface area contributed by atoms with Gasteiger partial charge < -0.3 is 4.90 Å². The summed E-state index contributed by atoms with van der Waals surface area (Å²) < 4.78 is 55.1. The predicted octanol–water partition coefficient (Wildman–Crippen LogP) is 7.94. The van der Waals surface area contributed by atoms with Gasteiger partial charge in [0.1, 0.15) is 16.5 Å². The summed E-state index contributed by atoms with van der Waals surface area (Å²) in [6, 6.07) is 16.4. The fourth-order valence-electron chi connectivity index (χ4n) is 5.41. The molecule has 0 aliphatic heterocycles. The fraction of sp³-hybridized carbons (Fsp3) is 0.300. The first kappa shape index (κ1) is 29.9. The van der Waals surface area contributed by atoms with Crippen molar-refractivity contribution >= 4 is 60.5 Å². The molecule has 0 saturated heterocycles. The molecule has 3 aromatic carbocycles. The number of amides is 1. The van der Waals surface area contributed by atoms with Crippen molar-refractivity contribution in [1.29, 1.82) is 0 Å². The third-order valence-corrected chi connectivity index (χ3v) is 10.7. The molecule has 4 aromatic rings. The zero-order chi connectivity index (χ0) is 29.5. The molecule has 0 unspecified atom stereocenters. The minimum Gasteiger partial charge on any atom is -0.331 e. The summed E-state index contributed by atoms with van der Waals surface area (Å²) in [4.78, 5) is 16.1. The van der Waals surface area contributed by atoms with E-state index in [1.54, 1.807) is 27.5 Å². The van der Waals surface area contributed by atoms with E-state index in [4.69, 9.17) is 23.4 Å². The number of carbonyl (C=O) groups is 1. The summed E-state index contributed by atoms with van der Waals surface area (Å²) in [6.45, 7) is 0.236. The van der Waals surface area contributed by atoms with Crippen LogP contribution in [0.1, 0.15) is 40.9 Å². The van der Waals surface area contributed by atoms with Crippen LogP contribution < -0.4 is 0 Å². The van der Waals surface area contributed by atoms with Gasteiger partial charge in [0.25, 0.3) is 5.91 Å². The van der Waals surface area contributed by atoms with Crippen LogP contribution in [-0.4, -0.2) is 49.0 Å². The number of carbonyl (C=O) groups excluding carboxylic acids is 1. The van der Waals surface area contributed by atoms with Crippen LogP contribution in [0, 0.1) is 11.6 Å². The standard InChI is InChI=1S/C30H28Cl2F2N2O3S2/c1-35(32)21-9-11-22(12-10-21)36(30(37)29-27(31)26-24(33)13-14-25(34)28(26)40-29)17-18-5-3-6-19(15-18)20-7-4-8-23(16-20)41(2,38)39/h3-8,13-16,21-22H,9-12,17H2,1-2H3. The highest BCUT2D eigenvalue weighted by atomic mass is 35.5. The molecule has 0 spiro atoms. The highest BCUT2D eigenvalue weighted by molar-refractivity contribution is 7.90. The third-order valence-electron chi connectivity index (χ3n) is 7.62. The molecule has 0 radical (unpaired) electrons. The Labute approximate surface area is 252 Å². The molecule has 1 aliphatic rings. The Kier molecular flexibility index (Phi) is 8.74. The van der Waals surface area contributed by atoms with Gasteiger partial charge in [-0.05, 0) is 84.5 Å². The number of benzene rings is 3. The van der Waals surface area contributed by atoms with Gasteiger partial charge in [-0.15, -0.1) is 11.3 Å². The number of fused-ring (bicyclic) bond motifs is 1. The van der Waals surface area contributed by atoms with E-state index >= 15 is 0 Å². The third kappa shape index (κ3) is 6.29. The van der Waals surface area contributed by atoms with E-state index < -0.39 is 21.5 Å². The van der Waals surface area contributed by atoms with Crippen molar-refractivity contribution in [3.63, 3.8) is 0 Å². The SMILES string of the molecule is CN(Cl)C1CCC(N(Cc2cccc(-c3cccc(S(C)(=O)=O)c3)c2)C(=O)c2sc3c(F)ccc(F)c3c2Cl)CC1. The van der Waals surface area contributed by atoms with Crippen molar-refractivity contribution in [2.24, 2.45) is 0 Å². The molecule has 1 saturated carbocycles. The maximum absolute atomic E-state index is 14.6. The molecular formula is C30H28Cl2F2N2O3S2. The predicted molar refractivity (Wildman–Crippen MR) is 161 cm³/mol. The van der Waals surface area contributed by atoms with Crippen molar-refractivity contribution in [1.82, 2.24) is 9.32 Å². The van der Waals surface area contributed by atoms with Crippen molar-refractivity contribution < 1.29 is 22.0 Å². The summed E-state index contributed by atoms with van der Waals surface area (Å²) in [5.74, 6) is -1.70.